The smallest absolute Gasteiger partial charge is 0.359 e. The molecule has 0 saturated carbocycles. The Bertz CT molecular complexity index is 743. The van der Waals surface area contributed by atoms with Gasteiger partial charge in [-0.05, 0) is 31.9 Å². The number of anilines is 1. The number of benzene rings is 1. The Morgan fingerprint density at radius 1 is 1.26 bits per heavy atom. The summed E-state index contributed by atoms with van der Waals surface area (Å²) in [4.78, 5) is 33.9. The van der Waals surface area contributed by atoms with E-state index in [2.05, 4.69) is 9.97 Å². The summed E-state index contributed by atoms with van der Waals surface area (Å²) in [5.74, 6) is -0.887. The zero-order valence-corrected chi connectivity index (χ0v) is 13.0. The van der Waals surface area contributed by atoms with E-state index in [9.17, 15) is 9.59 Å². The summed E-state index contributed by atoms with van der Waals surface area (Å²) >= 11 is 0. The minimum Gasteiger partial charge on any atom is -0.451 e. The van der Waals surface area contributed by atoms with Crippen LogP contribution in [-0.2, 0) is 16.0 Å². The molecule has 0 spiro atoms. The van der Waals surface area contributed by atoms with Crippen molar-refractivity contribution in [3.8, 4) is 0 Å². The molecule has 1 aliphatic heterocycles. The van der Waals surface area contributed by atoms with E-state index in [1.165, 1.54) is 12.4 Å². The highest BCUT2D eigenvalue weighted by Gasteiger charge is 2.31. The van der Waals surface area contributed by atoms with E-state index in [4.69, 9.17) is 4.74 Å². The van der Waals surface area contributed by atoms with Crippen LogP contribution in [0.5, 0.6) is 0 Å². The Hall–Kier alpha value is -2.76. The van der Waals surface area contributed by atoms with E-state index in [1.54, 1.807) is 11.8 Å². The maximum atomic E-state index is 12.4. The molecule has 3 rings (SSSR count). The highest BCUT2D eigenvalue weighted by atomic mass is 16.5. The van der Waals surface area contributed by atoms with Crippen molar-refractivity contribution in [2.24, 2.45) is 0 Å². The number of esters is 1. The fraction of sp³-hybridized carbons (Fsp3) is 0.294. The molecule has 0 N–H and O–H groups in total. The number of hydrogen-bond donors (Lipinski definition) is 0. The Labute approximate surface area is 134 Å². The third-order valence-corrected chi connectivity index (χ3v) is 3.79. The van der Waals surface area contributed by atoms with Crippen molar-refractivity contribution in [3.63, 3.8) is 0 Å². The minimum absolute atomic E-state index is 0.0535. The van der Waals surface area contributed by atoms with Crippen molar-refractivity contribution < 1.29 is 14.3 Å². The number of fused-ring (bicyclic) bond motifs is 1. The minimum atomic E-state index is -0.647. The zero-order chi connectivity index (χ0) is 16.4. The predicted molar refractivity (Wildman–Crippen MR) is 84.1 cm³/mol. The summed E-state index contributed by atoms with van der Waals surface area (Å²) in [5, 5.41) is 0. The van der Waals surface area contributed by atoms with Crippen LogP contribution in [0, 0.1) is 6.92 Å². The normalized spacial score (nSPS) is 16.1. The number of aromatic nitrogens is 2. The number of para-hydroxylation sites is 1. The number of aryl methyl sites for hydroxylation is 1. The number of carbonyl (C=O) groups excluding carboxylic acids is 2. The van der Waals surface area contributed by atoms with Crippen LogP contribution in [0.15, 0.2) is 36.7 Å². The topological polar surface area (TPSA) is 72.4 Å². The molecule has 1 aromatic heterocycles. The Morgan fingerprint density at radius 2 is 2.04 bits per heavy atom. The van der Waals surface area contributed by atoms with Gasteiger partial charge in [-0.3, -0.25) is 9.78 Å². The van der Waals surface area contributed by atoms with Gasteiger partial charge >= 0.3 is 5.97 Å². The van der Waals surface area contributed by atoms with Gasteiger partial charge in [0.2, 0.25) is 0 Å². The number of nitrogens with zero attached hydrogens (tertiary/aromatic N) is 3. The fourth-order valence-corrected chi connectivity index (χ4v) is 2.71. The molecule has 118 valence electrons. The van der Waals surface area contributed by atoms with Gasteiger partial charge in [-0.1, -0.05) is 18.2 Å². The second kappa shape index (κ2) is 6.16. The van der Waals surface area contributed by atoms with Crippen LogP contribution in [0.1, 0.15) is 28.7 Å². The molecular weight excluding hydrogens is 294 g/mol. The molecule has 2 aromatic rings. The quantitative estimate of drug-likeness (QED) is 0.810. The van der Waals surface area contributed by atoms with Crippen molar-refractivity contribution in [1.29, 1.82) is 0 Å². The summed E-state index contributed by atoms with van der Waals surface area (Å²) in [6.45, 7) is 3.44. The molecule has 2 heterocycles. The summed E-state index contributed by atoms with van der Waals surface area (Å²) in [7, 11) is 0. The van der Waals surface area contributed by atoms with Crippen LogP contribution in [-0.4, -0.2) is 34.5 Å². The molecule has 1 atom stereocenters. The third-order valence-electron chi connectivity index (χ3n) is 3.79. The lowest BCUT2D eigenvalue weighted by Crippen LogP contribution is -2.38. The van der Waals surface area contributed by atoms with E-state index in [-0.39, 0.29) is 24.2 Å². The van der Waals surface area contributed by atoms with Gasteiger partial charge < -0.3 is 9.64 Å². The van der Waals surface area contributed by atoms with Crippen LogP contribution in [0.3, 0.4) is 0 Å². The summed E-state index contributed by atoms with van der Waals surface area (Å²) in [6.07, 6.45) is 3.63. The van der Waals surface area contributed by atoms with E-state index < -0.39 is 5.97 Å². The lowest BCUT2D eigenvalue weighted by atomic mass is 10.1. The van der Waals surface area contributed by atoms with Crippen LogP contribution >= 0.6 is 0 Å². The maximum Gasteiger partial charge on any atom is 0.359 e. The second-order valence-electron chi connectivity index (χ2n) is 5.56. The molecule has 1 amide bonds. The second-order valence-corrected chi connectivity index (χ2v) is 5.56. The van der Waals surface area contributed by atoms with E-state index >= 15 is 0 Å². The van der Waals surface area contributed by atoms with Gasteiger partial charge in [-0.15, -0.1) is 0 Å². The predicted octanol–water partition coefficient (Wildman–Crippen LogP) is 1.92. The Balaban J connectivity index is 1.66. The molecule has 0 aliphatic carbocycles. The highest BCUT2D eigenvalue weighted by molar-refractivity contribution is 5.98. The average Bonchev–Trinajstić information content (AvgIpc) is 2.88. The highest BCUT2D eigenvalue weighted by Crippen LogP contribution is 2.31. The van der Waals surface area contributed by atoms with Crippen LogP contribution in [0.25, 0.3) is 0 Å². The molecule has 1 aliphatic rings. The monoisotopic (exact) mass is 311 g/mol. The van der Waals surface area contributed by atoms with Crippen LogP contribution in [0.2, 0.25) is 0 Å². The first-order valence-corrected chi connectivity index (χ1v) is 7.42. The lowest BCUT2D eigenvalue weighted by molar-refractivity contribution is -0.122. The lowest BCUT2D eigenvalue weighted by Gasteiger charge is -2.22. The van der Waals surface area contributed by atoms with Gasteiger partial charge in [0.05, 0.1) is 11.9 Å². The van der Waals surface area contributed by atoms with Gasteiger partial charge in [0.1, 0.15) is 0 Å². The number of hydrogen-bond acceptors (Lipinski definition) is 5. The molecule has 23 heavy (non-hydrogen) atoms. The van der Waals surface area contributed by atoms with Gasteiger partial charge in [0.15, 0.2) is 12.3 Å². The van der Waals surface area contributed by atoms with Gasteiger partial charge in [0.25, 0.3) is 5.91 Å². The molecule has 0 fully saturated rings. The number of ether oxygens (including phenoxy) is 1. The average molecular weight is 311 g/mol. The van der Waals surface area contributed by atoms with Gasteiger partial charge in [0, 0.05) is 17.9 Å². The van der Waals surface area contributed by atoms with Crippen molar-refractivity contribution in [2.45, 2.75) is 26.3 Å². The van der Waals surface area contributed by atoms with E-state index in [0.29, 0.717) is 5.69 Å². The summed E-state index contributed by atoms with van der Waals surface area (Å²) in [6, 6.07) is 7.82. The van der Waals surface area contributed by atoms with Crippen molar-refractivity contribution in [2.75, 3.05) is 11.5 Å². The number of carbonyl (C=O) groups is 2. The van der Waals surface area contributed by atoms with Gasteiger partial charge in [-0.2, -0.15) is 0 Å². The first kappa shape index (κ1) is 15.1. The Morgan fingerprint density at radius 3 is 2.78 bits per heavy atom. The molecule has 0 saturated heterocycles. The Kier molecular flexibility index (Phi) is 4.06. The number of amides is 1. The molecular formula is C17H17N3O3. The zero-order valence-electron chi connectivity index (χ0n) is 13.0. The molecule has 0 unspecified atom stereocenters. The molecule has 6 nitrogen and oxygen atoms in total. The molecule has 1 aromatic carbocycles. The van der Waals surface area contributed by atoms with Crippen molar-refractivity contribution >= 4 is 17.6 Å². The van der Waals surface area contributed by atoms with Gasteiger partial charge in [-0.25, -0.2) is 9.78 Å². The van der Waals surface area contributed by atoms with E-state index in [1.807, 2.05) is 31.2 Å². The van der Waals surface area contributed by atoms with E-state index in [0.717, 1.165) is 17.7 Å². The molecule has 6 heteroatoms. The van der Waals surface area contributed by atoms with Crippen LogP contribution in [0.4, 0.5) is 5.69 Å². The fourth-order valence-electron chi connectivity index (χ4n) is 2.71. The molecule has 0 bridgehead atoms. The standard InChI is InChI=1S/C17H17N3O3/c1-11-8-19-14(9-18-11)17(22)23-10-16(21)20-12(2)7-13-5-3-4-6-15(13)20/h3-6,8-9,12H,7,10H2,1-2H3/t12-/m1/s1. The summed E-state index contributed by atoms with van der Waals surface area (Å²) in [5.41, 5.74) is 2.82. The summed E-state index contributed by atoms with van der Waals surface area (Å²) < 4.78 is 5.07. The van der Waals surface area contributed by atoms with Crippen molar-refractivity contribution in [3.05, 3.63) is 53.6 Å². The maximum absolute atomic E-state index is 12.4. The first-order chi connectivity index (χ1) is 11.1. The SMILES string of the molecule is Cc1cnc(C(=O)OCC(=O)N2c3ccccc3C[C@H]2C)cn1. The third kappa shape index (κ3) is 3.06. The van der Waals surface area contributed by atoms with Crippen molar-refractivity contribution in [1.82, 2.24) is 9.97 Å². The number of rotatable bonds is 3. The van der Waals surface area contributed by atoms with Crippen LogP contribution < -0.4 is 4.90 Å². The first-order valence-electron chi connectivity index (χ1n) is 7.42. The largest absolute Gasteiger partial charge is 0.451 e. The molecule has 0 radical (unpaired) electrons.